The standard InChI is InChI=1S/C59H36O6/c1-59(2,39-17-21-41(22-18-39)64-53-15-7-13-37-29-49-51(31-43(37)53)57(62)47-27-35-11-5-3-9-33(35)25-45(47)55(49)60)40-19-23-42(24-20-40)65-54-16-8-14-38-30-50-52(32-44(38)54)58(63)48-28-36-12-6-4-10-34(36)26-46(48)56(50)61/h3-32H,1-2H3. The minimum atomic E-state index is -0.378. The first-order chi connectivity index (χ1) is 31.6. The van der Waals surface area contributed by atoms with Gasteiger partial charge in [0.25, 0.3) is 0 Å². The van der Waals surface area contributed by atoms with Crippen molar-refractivity contribution in [2.24, 2.45) is 0 Å². The molecule has 0 spiro atoms. The molecule has 0 saturated heterocycles. The summed E-state index contributed by atoms with van der Waals surface area (Å²) >= 11 is 0. The predicted molar refractivity (Wildman–Crippen MR) is 255 cm³/mol. The van der Waals surface area contributed by atoms with Crippen molar-refractivity contribution in [1.82, 2.24) is 0 Å². The van der Waals surface area contributed by atoms with Gasteiger partial charge < -0.3 is 9.47 Å². The van der Waals surface area contributed by atoms with E-state index < -0.39 is 0 Å². The Morgan fingerprint density at radius 2 is 0.585 bits per heavy atom. The second kappa shape index (κ2) is 14.3. The van der Waals surface area contributed by atoms with Crippen LogP contribution in [-0.2, 0) is 5.41 Å². The average Bonchev–Trinajstić information content (AvgIpc) is 3.33. The molecule has 10 aromatic carbocycles. The summed E-state index contributed by atoms with van der Waals surface area (Å²) in [6, 6.07) is 57.4. The molecular weight excluding hydrogens is 805 g/mol. The molecule has 6 heteroatoms. The zero-order valence-electron chi connectivity index (χ0n) is 35.3. The minimum absolute atomic E-state index is 0.156. The van der Waals surface area contributed by atoms with Crippen molar-refractivity contribution in [3.8, 4) is 23.0 Å². The van der Waals surface area contributed by atoms with E-state index in [1.807, 2.05) is 133 Å². The molecular formula is C59H36O6. The highest BCUT2D eigenvalue weighted by Gasteiger charge is 2.33. The summed E-state index contributed by atoms with van der Waals surface area (Å²) in [5.74, 6) is 1.79. The lowest BCUT2D eigenvalue weighted by Crippen LogP contribution is -2.21. The predicted octanol–water partition coefficient (Wildman–Crippen LogP) is 13.8. The Bertz CT molecular complexity index is 3500. The van der Waals surface area contributed by atoms with E-state index in [2.05, 4.69) is 38.1 Å². The topological polar surface area (TPSA) is 86.7 Å². The lowest BCUT2D eigenvalue weighted by Gasteiger charge is -2.26. The first kappa shape index (κ1) is 38.2. The monoisotopic (exact) mass is 840 g/mol. The van der Waals surface area contributed by atoms with Gasteiger partial charge in [-0.05, 0) is 128 Å². The normalized spacial score (nSPS) is 13.2. The first-order valence-corrected chi connectivity index (χ1v) is 21.5. The van der Waals surface area contributed by atoms with E-state index >= 15 is 0 Å². The van der Waals surface area contributed by atoms with Crippen LogP contribution in [0.4, 0.5) is 0 Å². The number of fused-ring (bicyclic) bond motifs is 8. The molecule has 0 radical (unpaired) electrons. The molecule has 0 bridgehead atoms. The van der Waals surface area contributed by atoms with E-state index in [-0.39, 0.29) is 28.5 Å². The van der Waals surface area contributed by atoms with Crippen LogP contribution in [0.1, 0.15) is 88.7 Å². The van der Waals surface area contributed by atoms with Gasteiger partial charge in [0.15, 0.2) is 23.1 Å². The number of hydrogen-bond acceptors (Lipinski definition) is 6. The van der Waals surface area contributed by atoms with Gasteiger partial charge in [-0.3, -0.25) is 19.2 Å². The number of carbonyl (C=O) groups excluding carboxylic acids is 4. The van der Waals surface area contributed by atoms with Gasteiger partial charge in [-0.25, -0.2) is 0 Å². The lowest BCUT2D eigenvalue weighted by atomic mass is 9.78. The molecule has 0 N–H and O–H groups in total. The SMILES string of the molecule is CC(C)(c1ccc(Oc2cccc3cc4c(cc23)C(=O)c2cc3ccccc3cc2C4=O)cc1)c1ccc(Oc2cccc3cc4c(cc23)C(=O)c2cc3ccccc3cc2C4=O)cc1. The van der Waals surface area contributed by atoms with Gasteiger partial charge >= 0.3 is 0 Å². The van der Waals surface area contributed by atoms with Crippen molar-refractivity contribution in [3.63, 3.8) is 0 Å². The van der Waals surface area contributed by atoms with Crippen LogP contribution in [-0.4, -0.2) is 23.1 Å². The molecule has 65 heavy (non-hydrogen) atoms. The molecule has 12 rings (SSSR count). The summed E-state index contributed by atoms with van der Waals surface area (Å²) in [6.07, 6.45) is 0. The van der Waals surface area contributed by atoms with Crippen molar-refractivity contribution in [2.75, 3.05) is 0 Å². The molecule has 0 amide bonds. The third-order valence-electron chi connectivity index (χ3n) is 13.3. The van der Waals surface area contributed by atoms with Gasteiger partial charge in [0.1, 0.15) is 23.0 Å². The average molecular weight is 841 g/mol. The summed E-state index contributed by atoms with van der Waals surface area (Å²) in [5.41, 5.74) is 5.03. The summed E-state index contributed by atoms with van der Waals surface area (Å²) in [4.78, 5) is 55.4. The maximum Gasteiger partial charge on any atom is 0.194 e. The number of carbonyl (C=O) groups is 4. The largest absolute Gasteiger partial charge is 0.457 e. The smallest absolute Gasteiger partial charge is 0.194 e. The molecule has 10 aromatic rings. The second-order valence-corrected chi connectivity index (χ2v) is 17.4. The van der Waals surface area contributed by atoms with Crippen LogP contribution in [0.15, 0.2) is 182 Å². The molecule has 0 heterocycles. The van der Waals surface area contributed by atoms with E-state index in [1.165, 1.54) is 0 Å². The Balaban J connectivity index is 0.784. The third-order valence-corrected chi connectivity index (χ3v) is 13.3. The number of ether oxygens (including phenoxy) is 2. The van der Waals surface area contributed by atoms with Crippen molar-refractivity contribution in [1.29, 1.82) is 0 Å². The molecule has 2 aliphatic rings. The van der Waals surface area contributed by atoms with Crippen LogP contribution in [0, 0.1) is 0 Å². The molecule has 0 atom stereocenters. The van der Waals surface area contributed by atoms with E-state index in [1.54, 1.807) is 24.3 Å². The maximum atomic E-state index is 13.9. The minimum Gasteiger partial charge on any atom is -0.457 e. The Morgan fingerprint density at radius 1 is 0.308 bits per heavy atom. The Morgan fingerprint density at radius 3 is 0.908 bits per heavy atom. The highest BCUT2D eigenvalue weighted by Crippen LogP contribution is 2.41. The number of hydrogen-bond donors (Lipinski definition) is 0. The van der Waals surface area contributed by atoms with Crippen molar-refractivity contribution in [2.45, 2.75) is 19.3 Å². The highest BCUT2D eigenvalue weighted by atomic mass is 16.5. The fourth-order valence-corrected chi connectivity index (χ4v) is 9.64. The summed E-state index contributed by atoms with van der Waals surface area (Å²) < 4.78 is 12.9. The van der Waals surface area contributed by atoms with E-state index in [4.69, 9.17) is 9.47 Å². The van der Waals surface area contributed by atoms with Gasteiger partial charge in [0.05, 0.1) is 0 Å². The fourth-order valence-electron chi connectivity index (χ4n) is 9.64. The van der Waals surface area contributed by atoms with E-state index in [0.29, 0.717) is 67.5 Å². The van der Waals surface area contributed by atoms with Crippen LogP contribution in [0.3, 0.4) is 0 Å². The number of ketones is 4. The summed E-state index contributed by atoms with van der Waals surface area (Å²) in [5, 5.41) is 6.77. The van der Waals surface area contributed by atoms with Crippen LogP contribution in [0.2, 0.25) is 0 Å². The molecule has 0 aliphatic heterocycles. The summed E-state index contributed by atoms with van der Waals surface area (Å²) in [6.45, 7) is 4.33. The van der Waals surface area contributed by atoms with Crippen molar-refractivity contribution < 1.29 is 28.7 Å². The molecule has 6 nitrogen and oxygen atoms in total. The number of benzene rings is 10. The quantitative estimate of drug-likeness (QED) is 0.166. The molecule has 0 aromatic heterocycles. The van der Waals surface area contributed by atoms with Crippen molar-refractivity contribution in [3.05, 3.63) is 238 Å². The van der Waals surface area contributed by atoms with Crippen LogP contribution < -0.4 is 9.47 Å². The fraction of sp³-hybridized carbons (Fsp3) is 0.0508. The first-order valence-electron chi connectivity index (χ1n) is 21.5. The summed E-state index contributed by atoms with van der Waals surface area (Å²) in [7, 11) is 0. The van der Waals surface area contributed by atoms with E-state index in [0.717, 1.165) is 54.2 Å². The van der Waals surface area contributed by atoms with Gasteiger partial charge in [-0.15, -0.1) is 0 Å². The maximum absolute atomic E-state index is 13.9. The number of rotatable bonds is 6. The Kier molecular flexibility index (Phi) is 8.39. The zero-order chi connectivity index (χ0) is 44.1. The van der Waals surface area contributed by atoms with Crippen LogP contribution >= 0.6 is 0 Å². The molecule has 0 fully saturated rings. The molecule has 0 unspecified atom stereocenters. The van der Waals surface area contributed by atoms with E-state index in [9.17, 15) is 19.2 Å². The zero-order valence-corrected chi connectivity index (χ0v) is 35.3. The van der Waals surface area contributed by atoms with Gasteiger partial charge in [0.2, 0.25) is 0 Å². The lowest BCUT2D eigenvalue weighted by molar-refractivity contribution is 0.0979. The molecule has 2 aliphatic carbocycles. The van der Waals surface area contributed by atoms with Crippen molar-refractivity contribution >= 4 is 66.2 Å². The van der Waals surface area contributed by atoms with Gasteiger partial charge in [-0.1, -0.05) is 111 Å². The molecule has 308 valence electrons. The van der Waals surface area contributed by atoms with Gasteiger partial charge in [-0.2, -0.15) is 0 Å². The van der Waals surface area contributed by atoms with Crippen LogP contribution in [0.5, 0.6) is 23.0 Å². The Hall–Kier alpha value is -8.48. The second-order valence-electron chi connectivity index (χ2n) is 17.4. The van der Waals surface area contributed by atoms with Crippen LogP contribution in [0.25, 0.3) is 43.1 Å². The van der Waals surface area contributed by atoms with Gasteiger partial charge in [0, 0.05) is 60.7 Å². The Labute approximate surface area is 373 Å². The molecule has 0 saturated carbocycles. The highest BCUT2D eigenvalue weighted by molar-refractivity contribution is 6.32. The third kappa shape index (κ3) is 6.10.